The van der Waals surface area contributed by atoms with Crippen LogP contribution in [0.2, 0.25) is 0 Å². The van der Waals surface area contributed by atoms with Crippen molar-refractivity contribution in [1.29, 1.82) is 0 Å². The van der Waals surface area contributed by atoms with E-state index in [4.69, 9.17) is 11.1 Å². The molecular weight excluding hydrogens is 155 g/mol. The molecule has 44 valence electrons. The summed E-state index contributed by atoms with van der Waals surface area (Å²) in [5, 5.41) is 0. The summed E-state index contributed by atoms with van der Waals surface area (Å²) in [6.45, 7) is 0. The summed E-state index contributed by atoms with van der Waals surface area (Å²) in [5.74, 6) is 0. The molecule has 0 saturated carbocycles. The zero-order chi connectivity index (χ0) is 6.41. The normalized spacial score (nSPS) is 9.44. The maximum Gasteiger partial charge on any atom is 1.00 e. The number of rotatable bonds is 2. The Morgan fingerprint density at radius 1 is 1.33 bits per heavy atom. The van der Waals surface area contributed by atoms with E-state index in [0.717, 1.165) is 0 Å². The van der Waals surface area contributed by atoms with Gasteiger partial charge in [-0.2, -0.15) is 0 Å². The van der Waals surface area contributed by atoms with Crippen molar-refractivity contribution in [3.05, 3.63) is 20.9 Å². The molecule has 0 amide bonds. The largest absolute Gasteiger partial charge is 1.00 e. The van der Waals surface area contributed by atoms with Gasteiger partial charge in [-0.15, -0.1) is 0 Å². The zero-order valence-electron chi connectivity index (χ0n) is 5.50. The standard InChI is InChI=1S/N6OS.Na.H/c1-3-5-8(7)6-4-2;;/q;+1;-1. The SMILES string of the molecule is [H-].[N-]=[N+]=N[S+]([O-])N=[N+]=[N-].[Na+]. The number of hydrogen-bond acceptors (Lipinski definition) is 3. The summed E-state index contributed by atoms with van der Waals surface area (Å²) in [7, 11) is 0. The molecule has 0 N–H and O–H groups in total. The van der Waals surface area contributed by atoms with Crippen LogP contribution in [-0.4, -0.2) is 4.55 Å². The summed E-state index contributed by atoms with van der Waals surface area (Å²) < 4.78 is 15.0. The van der Waals surface area contributed by atoms with Crippen molar-refractivity contribution >= 4 is 11.5 Å². The molecule has 0 bridgehead atoms. The van der Waals surface area contributed by atoms with Gasteiger partial charge in [0.1, 0.15) is 9.04 Å². The maximum absolute atomic E-state index is 9.91. The van der Waals surface area contributed by atoms with Crippen molar-refractivity contribution in [2.45, 2.75) is 0 Å². The predicted molar refractivity (Wildman–Crippen MR) is 27.5 cm³/mol. The summed E-state index contributed by atoms with van der Waals surface area (Å²) in [6.07, 6.45) is 0. The third-order valence-electron chi connectivity index (χ3n) is 0.213. The van der Waals surface area contributed by atoms with E-state index in [2.05, 4.69) is 18.9 Å². The second kappa shape index (κ2) is 7.93. The summed E-state index contributed by atoms with van der Waals surface area (Å²) >= 11 is -2.10. The van der Waals surface area contributed by atoms with Crippen LogP contribution in [0.5, 0.6) is 0 Å². The Bertz CT molecular complexity index is 141. The molecule has 0 aliphatic rings. The minimum atomic E-state index is -2.10. The first-order valence-electron chi connectivity index (χ1n) is 1.33. The van der Waals surface area contributed by atoms with Gasteiger partial charge in [0.2, 0.25) is 11.5 Å². The van der Waals surface area contributed by atoms with Crippen molar-refractivity contribution in [2.75, 3.05) is 0 Å². The topological polar surface area (TPSA) is 121 Å². The van der Waals surface area contributed by atoms with Gasteiger partial charge in [0.05, 0.1) is 0 Å². The van der Waals surface area contributed by atoms with E-state index in [0.29, 0.717) is 0 Å². The minimum Gasteiger partial charge on any atom is -1.00 e. The van der Waals surface area contributed by atoms with Crippen LogP contribution in [0.4, 0.5) is 0 Å². The van der Waals surface area contributed by atoms with Gasteiger partial charge in [0.25, 0.3) is 0 Å². The van der Waals surface area contributed by atoms with Crippen molar-refractivity contribution in [3.8, 4) is 0 Å². The number of nitrogens with zero attached hydrogens (tertiary/aromatic N) is 6. The van der Waals surface area contributed by atoms with Gasteiger partial charge in [0.15, 0.2) is 0 Å². The van der Waals surface area contributed by atoms with Gasteiger partial charge in [-0.05, 0) is 0 Å². The Kier molecular flexibility index (Phi) is 10.3. The molecule has 0 aliphatic heterocycles. The van der Waals surface area contributed by atoms with Crippen molar-refractivity contribution < 1.29 is 35.5 Å². The Morgan fingerprint density at radius 3 is 1.89 bits per heavy atom. The van der Waals surface area contributed by atoms with E-state index < -0.39 is 11.5 Å². The summed E-state index contributed by atoms with van der Waals surface area (Å²) in [6, 6.07) is 0. The van der Waals surface area contributed by atoms with Crippen LogP contribution < -0.4 is 29.6 Å². The predicted octanol–water partition coefficient (Wildman–Crippen LogP) is -1.70. The zero-order valence-corrected chi connectivity index (χ0v) is 7.32. The Balaban J connectivity index is -0.000000245. The van der Waals surface area contributed by atoms with Gasteiger partial charge in [-0.1, -0.05) is 0 Å². The molecule has 0 aromatic heterocycles. The van der Waals surface area contributed by atoms with Crippen molar-refractivity contribution in [1.82, 2.24) is 0 Å². The van der Waals surface area contributed by atoms with Gasteiger partial charge < -0.3 is 5.98 Å². The van der Waals surface area contributed by atoms with Crippen LogP contribution in [0, 0.1) is 0 Å². The molecule has 7 nitrogen and oxygen atoms in total. The summed E-state index contributed by atoms with van der Waals surface area (Å²) in [4.78, 5) is 4.23. The molecule has 9 heteroatoms. The fourth-order valence-electron chi connectivity index (χ4n) is 0.0788. The molecule has 0 unspecified atom stereocenters. The van der Waals surface area contributed by atoms with Crippen LogP contribution in [0.1, 0.15) is 1.43 Å². The second-order valence-electron chi connectivity index (χ2n) is 0.573. The first-order valence-corrected chi connectivity index (χ1v) is 2.40. The van der Waals surface area contributed by atoms with Gasteiger partial charge in [-0.25, -0.2) is 0 Å². The molecule has 0 aromatic rings. The average Bonchev–Trinajstić information content (AvgIpc) is 1.68. The van der Waals surface area contributed by atoms with Crippen LogP contribution in [0.25, 0.3) is 20.9 Å². The van der Waals surface area contributed by atoms with Crippen molar-refractivity contribution in [2.24, 2.45) is 9.04 Å². The van der Waals surface area contributed by atoms with E-state index in [1.807, 2.05) is 0 Å². The summed E-state index contributed by atoms with van der Waals surface area (Å²) in [5.41, 5.74) is 15.1. The fraction of sp³-hybridized carbons (Fsp3) is 0. The minimum absolute atomic E-state index is 0. The van der Waals surface area contributed by atoms with Gasteiger partial charge in [0, 0.05) is 20.9 Å². The van der Waals surface area contributed by atoms with E-state index in [9.17, 15) is 4.55 Å². The third kappa shape index (κ3) is 7.93. The Hall–Kier alpha value is -0.0700. The number of azide groups is 1. The first-order chi connectivity index (χ1) is 3.81. The van der Waals surface area contributed by atoms with Crippen LogP contribution in [0.3, 0.4) is 0 Å². The van der Waals surface area contributed by atoms with Gasteiger partial charge in [-0.3, -0.25) is 0 Å². The quantitative estimate of drug-likeness (QED) is 0.153. The third-order valence-corrected chi connectivity index (χ3v) is 0.638. The maximum atomic E-state index is 9.91. The van der Waals surface area contributed by atoms with E-state index in [1.54, 1.807) is 0 Å². The van der Waals surface area contributed by atoms with E-state index in [-0.39, 0.29) is 31.0 Å². The molecule has 0 aliphatic carbocycles. The molecule has 0 fully saturated rings. The van der Waals surface area contributed by atoms with E-state index in [1.165, 1.54) is 0 Å². The fourth-order valence-corrected chi connectivity index (χ4v) is 0.236. The van der Waals surface area contributed by atoms with Gasteiger partial charge >= 0.3 is 29.6 Å². The number of hydrogen-bond donors (Lipinski definition) is 0. The molecule has 0 atom stereocenters. The second-order valence-corrected chi connectivity index (χ2v) is 1.36. The van der Waals surface area contributed by atoms with Crippen LogP contribution in [0.15, 0.2) is 9.04 Å². The molecule has 0 heterocycles. The molecule has 9 heavy (non-hydrogen) atoms. The molecule has 0 saturated heterocycles. The average molecular weight is 156 g/mol. The van der Waals surface area contributed by atoms with Crippen LogP contribution >= 0.6 is 0 Å². The molecule has 0 rings (SSSR count). The monoisotopic (exact) mass is 156 g/mol. The first kappa shape index (κ1) is 11.7. The molecule has 0 aromatic carbocycles. The Morgan fingerprint density at radius 2 is 1.67 bits per heavy atom. The smallest absolute Gasteiger partial charge is 1.00 e. The molecule has 0 spiro atoms. The van der Waals surface area contributed by atoms with Crippen LogP contribution in [-0.2, 0) is 11.5 Å². The molecule has 0 radical (unpaired) electrons. The van der Waals surface area contributed by atoms with Crippen molar-refractivity contribution in [3.63, 3.8) is 0 Å². The Labute approximate surface area is 76.9 Å². The molecular formula is HN6NaOS. The van der Waals surface area contributed by atoms with E-state index >= 15 is 0 Å².